The van der Waals surface area contributed by atoms with E-state index in [1.807, 2.05) is 0 Å². The van der Waals surface area contributed by atoms with Gasteiger partial charge < -0.3 is 9.47 Å². The van der Waals surface area contributed by atoms with Crippen molar-refractivity contribution in [2.24, 2.45) is 0 Å². The molecule has 0 saturated carbocycles. The van der Waals surface area contributed by atoms with Crippen molar-refractivity contribution in [3.8, 4) is 11.5 Å². The summed E-state index contributed by atoms with van der Waals surface area (Å²) in [6.45, 7) is -0.0261. The first kappa shape index (κ1) is 24.1. The summed E-state index contributed by atoms with van der Waals surface area (Å²) in [5.41, 5.74) is 1.51. The van der Waals surface area contributed by atoms with E-state index < -0.39 is 11.7 Å². The van der Waals surface area contributed by atoms with E-state index >= 15 is 0 Å². The van der Waals surface area contributed by atoms with Crippen LogP contribution in [0.25, 0.3) is 6.08 Å². The van der Waals surface area contributed by atoms with Gasteiger partial charge in [-0.1, -0.05) is 53.5 Å². The zero-order valence-corrected chi connectivity index (χ0v) is 20.2. The van der Waals surface area contributed by atoms with E-state index in [0.29, 0.717) is 27.6 Å². The highest BCUT2D eigenvalue weighted by Crippen LogP contribution is 2.36. The summed E-state index contributed by atoms with van der Waals surface area (Å²) < 4.78 is 25.2. The molecule has 0 aliphatic carbocycles. The molecule has 1 aliphatic heterocycles. The fraction of sp³-hybridized carbons (Fsp3) is 0.120. The van der Waals surface area contributed by atoms with Gasteiger partial charge in [0.25, 0.3) is 11.1 Å². The van der Waals surface area contributed by atoms with Crippen molar-refractivity contribution in [2.75, 3.05) is 7.11 Å². The number of amides is 2. The van der Waals surface area contributed by atoms with Crippen molar-refractivity contribution in [2.45, 2.75) is 13.2 Å². The zero-order chi connectivity index (χ0) is 24.2. The number of thioether (sulfide) groups is 1. The van der Waals surface area contributed by atoms with Gasteiger partial charge in [-0.2, -0.15) is 0 Å². The lowest BCUT2D eigenvalue weighted by atomic mass is 10.1. The maximum absolute atomic E-state index is 14.1. The van der Waals surface area contributed by atoms with E-state index in [9.17, 15) is 14.0 Å². The summed E-state index contributed by atoms with van der Waals surface area (Å²) >= 11 is 13.1. The van der Waals surface area contributed by atoms with Gasteiger partial charge in [0.1, 0.15) is 12.4 Å². The topological polar surface area (TPSA) is 55.8 Å². The first-order valence-electron chi connectivity index (χ1n) is 10.1. The number of imide groups is 1. The molecule has 2 amide bonds. The summed E-state index contributed by atoms with van der Waals surface area (Å²) in [5, 5.41) is 0.357. The maximum Gasteiger partial charge on any atom is 0.293 e. The SMILES string of the molecule is COc1ccc(/C=C2\SC(=O)N(Cc3ccccc3Cl)C2=O)cc1OCc1c(F)cccc1Cl. The second-order valence-electron chi connectivity index (χ2n) is 7.26. The highest BCUT2D eigenvalue weighted by Gasteiger charge is 2.35. The van der Waals surface area contributed by atoms with Gasteiger partial charge in [0.2, 0.25) is 0 Å². The van der Waals surface area contributed by atoms with Gasteiger partial charge in [-0.15, -0.1) is 0 Å². The number of methoxy groups -OCH3 is 1. The minimum atomic E-state index is -0.477. The Hall–Kier alpha value is -3.00. The van der Waals surface area contributed by atoms with Gasteiger partial charge in [-0.3, -0.25) is 14.5 Å². The Balaban J connectivity index is 1.55. The third-order valence-electron chi connectivity index (χ3n) is 5.08. The van der Waals surface area contributed by atoms with Crippen LogP contribution in [0.3, 0.4) is 0 Å². The Bertz CT molecular complexity index is 1280. The second kappa shape index (κ2) is 10.5. The molecule has 34 heavy (non-hydrogen) atoms. The van der Waals surface area contributed by atoms with Crippen molar-refractivity contribution in [1.29, 1.82) is 0 Å². The third kappa shape index (κ3) is 5.22. The van der Waals surface area contributed by atoms with Gasteiger partial charge in [-0.05, 0) is 59.3 Å². The molecule has 0 N–H and O–H groups in total. The number of nitrogens with zero attached hydrogens (tertiary/aromatic N) is 1. The summed E-state index contributed by atoms with van der Waals surface area (Å²) in [6.07, 6.45) is 1.60. The summed E-state index contributed by atoms with van der Waals surface area (Å²) in [6, 6.07) is 16.5. The quantitative estimate of drug-likeness (QED) is 0.317. The molecule has 0 bridgehead atoms. The minimum absolute atomic E-state index is 0.0854. The second-order valence-corrected chi connectivity index (χ2v) is 9.07. The van der Waals surface area contributed by atoms with E-state index in [4.69, 9.17) is 32.7 Å². The molecule has 3 aromatic carbocycles. The van der Waals surface area contributed by atoms with Crippen molar-refractivity contribution >= 4 is 52.2 Å². The van der Waals surface area contributed by atoms with E-state index in [-0.39, 0.29) is 33.9 Å². The van der Waals surface area contributed by atoms with Gasteiger partial charge in [-0.25, -0.2) is 4.39 Å². The first-order valence-corrected chi connectivity index (χ1v) is 11.7. The molecule has 174 valence electrons. The minimum Gasteiger partial charge on any atom is -0.493 e. The van der Waals surface area contributed by atoms with Gasteiger partial charge in [0, 0.05) is 10.6 Å². The zero-order valence-electron chi connectivity index (χ0n) is 17.9. The number of hydrogen-bond acceptors (Lipinski definition) is 5. The summed E-state index contributed by atoms with van der Waals surface area (Å²) in [7, 11) is 1.48. The molecule has 1 aliphatic rings. The molecule has 0 atom stereocenters. The van der Waals surface area contributed by atoms with Crippen LogP contribution in [0.1, 0.15) is 16.7 Å². The van der Waals surface area contributed by atoms with Gasteiger partial charge in [0.05, 0.1) is 23.6 Å². The van der Waals surface area contributed by atoms with Crippen LogP contribution in [0.5, 0.6) is 11.5 Å². The smallest absolute Gasteiger partial charge is 0.293 e. The van der Waals surface area contributed by atoms with Crippen molar-refractivity contribution < 1.29 is 23.5 Å². The van der Waals surface area contributed by atoms with Crippen LogP contribution in [-0.2, 0) is 17.9 Å². The summed E-state index contributed by atoms with van der Waals surface area (Å²) in [5.74, 6) is -0.122. The number of halogens is 3. The predicted molar refractivity (Wildman–Crippen MR) is 132 cm³/mol. The highest BCUT2D eigenvalue weighted by atomic mass is 35.5. The van der Waals surface area contributed by atoms with Crippen molar-refractivity contribution in [3.63, 3.8) is 0 Å². The van der Waals surface area contributed by atoms with Crippen LogP contribution in [0.4, 0.5) is 9.18 Å². The number of carbonyl (C=O) groups is 2. The molecule has 1 saturated heterocycles. The largest absolute Gasteiger partial charge is 0.493 e. The van der Waals surface area contributed by atoms with Crippen LogP contribution in [0, 0.1) is 5.82 Å². The van der Waals surface area contributed by atoms with Crippen LogP contribution in [0.15, 0.2) is 65.6 Å². The van der Waals surface area contributed by atoms with Crippen LogP contribution < -0.4 is 9.47 Å². The Morgan fingerprint density at radius 3 is 2.50 bits per heavy atom. The third-order valence-corrected chi connectivity index (χ3v) is 6.71. The first-order chi connectivity index (χ1) is 16.4. The molecule has 0 spiro atoms. The molecule has 0 unspecified atom stereocenters. The molecule has 0 aromatic heterocycles. The molecule has 0 radical (unpaired) electrons. The lowest BCUT2D eigenvalue weighted by Crippen LogP contribution is -2.27. The van der Waals surface area contributed by atoms with E-state index in [1.165, 1.54) is 19.2 Å². The van der Waals surface area contributed by atoms with E-state index in [1.54, 1.807) is 54.6 Å². The molecule has 3 aromatic rings. The van der Waals surface area contributed by atoms with Crippen molar-refractivity contribution in [1.82, 2.24) is 4.90 Å². The standard InChI is InChI=1S/C25H18Cl2FNO4S/c1-32-21-10-9-15(11-22(21)33-14-17-19(27)7-4-8-20(17)28)12-23-24(30)29(25(31)34-23)13-16-5-2-3-6-18(16)26/h2-12H,13-14H2,1H3/b23-12-. The Morgan fingerprint density at radius 2 is 1.76 bits per heavy atom. The number of benzene rings is 3. The fourth-order valence-corrected chi connectivity index (χ4v) is 4.55. The van der Waals surface area contributed by atoms with Crippen LogP contribution in [0.2, 0.25) is 10.0 Å². The molecular weight excluding hydrogens is 500 g/mol. The van der Waals surface area contributed by atoms with Gasteiger partial charge in [0.15, 0.2) is 11.5 Å². The molecule has 1 fully saturated rings. The number of hydrogen-bond donors (Lipinski definition) is 0. The van der Waals surface area contributed by atoms with Crippen LogP contribution in [-0.4, -0.2) is 23.2 Å². The molecule has 9 heteroatoms. The molecule has 4 rings (SSSR count). The Morgan fingerprint density at radius 1 is 1.00 bits per heavy atom. The Kier molecular flexibility index (Phi) is 7.46. The molecule has 1 heterocycles. The number of rotatable bonds is 7. The average molecular weight is 518 g/mol. The summed E-state index contributed by atoms with van der Waals surface area (Å²) in [4.78, 5) is 26.8. The fourth-order valence-electron chi connectivity index (χ4n) is 3.30. The predicted octanol–water partition coefficient (Wildman–Crippen LogP) is 6.96. The molecule has 5 nitrogen and oxygen atoms in total. The monoisotopic (exact) mass is 517 g/mol. The number of carbonyl (C=O) groups excluding carboxylic acids is 2. The van der Waals surface area contributed by atoms with Gasteiger partial charge >= 0.3 is 0 Å². The normalized spacial score (nSPS) is 14.7. The number of ether oxygens (including phenoxy) is 2. The highest BCUT2D eigenvalue weighted by molar-refractivity contribution is 8.18. The van der Waals surface area contributed by atoms with Crippen molar-refractivity contribution in [3.05, 3.63) is 98.1 Å². The maximum atomic E-state index is 14.1. The average Bonchev–Trinajstić information content (AvgIpc) is 3.07. The lowest BCUT2D eigenvalue weighted by Gasteiger charge is -2.13. The van der Waals surface area contributed by atoms with E-state index in [0.717, 1.165) is 16.7 Å². The van der Waals surface area contributed by atoms with Crippen LogP contribution >= 0.6 is 35.0 Å². The Labute approximate surface area is 210 Å². The molecular formula is C25H18Cl2FNO4S. The lowest BCUT2D eigenvalue weighted by molar-refractivity contribution is -0.123. The van der Waals surface area contributed by atoms with E-state index in [2.05, 4.69) is 0 Å².